The maximum absolute atomic E-state index is 12.8. The fourth-order valence-corrected chi connectivity index (χ4v) is 3.01. The van der Waals surface area contributed by atoms with Gasteiger partial charge in [0, 0.05) is 25.7 Å². The Hall–Kier alpha value is -3.55. The Kier molecular flexibility index (Phi) is 5.21. The summed E-state index contributed by atoms with van der Waals surface area (Å²) in [5.41, 5.74) is 4.41. The van der Waals surface area contributed by atoms with Crippen LogP contribution in [-0.2, 0) is 6.54 Å². The highest BCUT2D eigenvalue weighted by molar-refractivity contribution is 5.93. The van der Waals surface area contributed by atoms with Crippen molar-refractivity contribution in [2.75, 3.05) is 7.05 Å². The normalized spacial score (nSPS) is 10.7. The van der Waals surface area contributed by atoms with E-state index in [9.17, 15) is 14.9 Å². The highest BCUT2D eigenvalue weighted by atomic mass is 16.6. The molecule has 0 unspecified atom stereocenters. The molecule has 2 aromatic carbocycles. The number of hydrogen-bond donors (Lipinski definition) is 0. The van der Waals surface area contributed by atoms with Crippen LogP contribution in [0.5, 0.6) is 0 Å². The van der Waals surface area contributed by atoms with Gasteiger partial charge in [-0.2, -0.15) is 9.90 Å². The van der Waals surface area contributed by atoms with Crippen LogP contribution < -0.4 is 0 Å². The fourth-order valence-electron chi connectivity index (χ4n) is 3.01. The number of benzene rings is 2. The molecule has 0 aliphatic heterocycles. The van der Waals surface area contributed by atoms with Crippen LogP contribution >= 0.6 is 0 Å². The molecular formula is C20H21N5O3. The zero-order chi connectivity index (χ0) is 20.4. The Morgan fingerprint density at radius 1 is 1.14 bits per heavy atom. The predicted octanol–water partition coefficient (Wildman–Crippen LogP) is 3.37. The van der Waals surface area contributed by atoms with Crippen LogP contribution in [0.25, 0.3) is 5.69 Å². The lowest BCUT2D eigenvalue weighted by Gasteiger charge is -2.16. The highest BCUT2D eigenvalue weighted by Crippen LogP contribution is 2.18. The molecule has 0 fully saturated rings. The summed E-state index contributed by atoms with van der Waals surface area (Å²) < 4.78 is 0. The van der Waals surface area contributed by atoms with Gasteiger partial charge in [0.15, 0.2) is 5.69 Å². The third-order valence-corrected chi connectivity index (χ3v) is 4.44. The maximum Gasteiger partial charge on any atom is 0.276 e. The number of aromatic nitrogens is 3. The van der Waals surface area contributed by atoms with Crippen LogP contribution in [0.15, 0.2) is 42.5 Å². The van der Waals surface area contributed by atoms with Crippen molar-refractivity contribution < 1.29 is 9.72 Å². The van der Waals surface area contributed by atoms with E-state index < -0.39 is 4.92 Å². The second-order valence-corrected chi connectivity index (χ2v) is 6.80. The molecule has 0 saturated heterocycles. The van der Waals surface area contributed by atoms with Gasteiger partial charge < -0.3 is 4.90 Å². The summed E-state index contributed by atoms with van der Waals surface area (Å²) in [5, 5.41) is 19.7. The van der Waals surface area contributed by atoms with Crippen LogP contribution in [0, 0.1) is 30.9 Å². The van der Waals surface area contributed by atoms with Crippen molar-refractivity contribution in [3.8, 4) is 5.69 Å². The Balaban J connectivity index is 1.83. The molecule has 0 aliphatic carbocycles. The quantitative estimate of drug-likeness (QED) is 0.500. The summed E-state index contributed by atoms with van der Waals surface area (Å²) in [6.07, 6.45) is 0. The third kappa shape index (κ3) is 3.90. The number of non-ortho nitro benzene ring substituents is 1. The summed E-state index contributed by atoms with van der Waals surface area (Å²) >= 11 is 0. The molecule has 28 heavy (non-hydrogen) atoms. The van der Waals surface area contributed by atoms with E-state index in [-0.39, 0.29) is 23.8 Å². The Bertz CT molecular complexity index is 1060. The van der Waals surface area contributed by atoms with Crippen molar-refractivity contribution in [1.82, 2.24) is 19.9 Å². The number of amides is 1. The molecule has 1 aromatic heterocycles. The first-order valence-corrected chi connectivity index (χ1v) is 8.76. The van der Waals surface area contributed by atoms with Crippen molar-refractivity contribution in [2.24, 2.45) is 0 Å². The van der Waals surface area contributed by atoms with Crippen LogP contribution in [0.2, 0.25) is 0 Å². The van der Waals surface area contributed by atoms with Gasteiger partial charge in [-0.3, -0.25) is 14.9 Å². The molecule has 8 heteroatoms. The molecule has 0 N–H and O–H groups in total. The number of carbonyl (C=O) groups excluding carboxylic acids is 1. The number of nitro groups is 1. The zero-order valence-corrected chi connectivity index (χ0v) is 16.2. The minimum Gasteiger partial charge on any atom is -0.336 e. The summed E-state index contributed by atoms with van der Waals surface area (Å²) in [6.45, 7) is 5.95. The minimum absolute atomic E-state index is 0.00433. The average Bonchev–Trinajstić information content (AvgIpc) is 3.02. The van der Waals surface area contributed by atoms with Gasteiger partial charge in [0.05, 0.1) is 16.3 Å². The molecule has 3 rings (SSSR count). The molecule has 1 heterocycles. The molecule has 0 atom stereocenters. The summed E-state index contributed by atoms with van der Waals surface area (Å²) in [5.74, 6) is -0.292. The van der Waals surface area contributed by atoms with E-state index in [0.717, 1.165) is 16.8 Å². The van der Waals surface area contributed by atoms with Crippen molar-refractivity contribution in [2.45, 2.75) is 27.3 Å². The second kappa shape index (κ2) is 7.59. The lowest BCUT2D eigenvalue weighted by molar-refractivity contribution is -0.384. The van der Waals surface area contributed by atoms with Crippen LogP contribution in [-0.4, -0.2) is 37.8 Å². The minimum atomic E-state index is -0.453. The van der Waals surface area contributed by atoms with Crippen LogP contribution in [0.4, 0.5) is 5.69 Å². The molecule has 0 aliphatic rings. The summed E-state index contributed by atoms with van der Waals surface area (Å²) in [6, 6.07) is 12.2. The van der Waals surface area contributed by atoms with Crippen molar-refractivity contribution >= 4 is 11.6 Å². The van der Waals surface area contributed by atoms with E-state index >= 15 is 0 Å². The first kappa shape index (κ1) is 19.2. The van der Waals surface area contributed by atoms with Gasteiger partial charge in [-0.1, -0.05) is 29.8 Å². The first-order valence-electron chi connectivity index (χ1n) is 8.76. The van der Waals surface area contributed by atoms with Crippen molar-refractivity contribution in [3.05, 3.63) is 80.7 Å². The van der Waals surface area contributed by atoms with Gasteiger partial charge >= 0.3 is 0 Å². The van der Waals surface area contributed by atoms with Gasteiger partial charge in [0.1, 0.15) is 0 Å². The smallest absolute Gasteiger partial charge is 0.276 e. The summed E-state index contributed by atoms with van der Waals surface area (Å²) in [7, 11) is 1.64. The van der Waals surface area contributed by atoms with Gasteiger partial charge in [0.2, 0.25) is 0 Å². The van der Waals surface area contributed by atoms with Crippen LogP contribution in [0.3, 0.4) is 0 Å². The Morgan fingerprint density at radius 2 is 1.89 bits per heavy atom. The fraction of sp³-hybridized carbons (Fsp3) is 0.250. The molecule has 144 valence electrons. The standard InChI is InChI=1S/C20H21N5O3/c1-13-8-9-18(14(2)10-13)24-21-15(3)19(22-24)20(26)23(4)12-16-6-5-7-17(11-16)25(27)28/h5-11H,12H2,1-4H3. The van der Waals surface area contributed by atoms with Crippen molar-refractivity contribution in [3.63, 3.8) is 0 Å². The molecule has 0 spiro atoms. The topological polar surface area (TPSA) is 94.2 Å². The molecule has 8 nitrogen and oxygen atoms in total. The lowest BCUT2D eigenvalue weighted by Crippen LogP contribution is -2.27. The van der Waals surface area contributed by atoms with E-state index in [0.29, 0.717) is 11.3 Å². The van der Waals surface area contributed by atoms with Gasteiger partial charge in [-0.15, -0.1) is 5.10 Å². The number of nitro benzene ring substituents is 1. The number of carbonyl (C=O) groups is 1. The monoisotopic (exact) mass is 379 g/mol. The lowest BCUT2D eigenvalue weighted by atomic mass is 10.1. The van der Waals surface area contributed by atoms with Crippen molar-refractivity contribution in [1.29, 1.82) is 0 Å². The molecule has 1 amide bonds. The van der Waals surface area contributed by atoms with E-state index in [1.54, 1.807) is 26.1 Å². The van der Waals surface area contributed by atoms with E-state index in [4.69, 9.17) is 0 Å². The number of rotatable bonds is 5. The molecule has 0 bridgehead atoms. The summed E-state index contributed by atoms with van der Waals surface area (Å²) in [4.78, 5) is 26.3. The number of aryl methyl sites for hydroxylation is 3. The van der Waals surface area contributed by atoms with E-state index in [2.05, 4.69) is 10.2 Å². The largest absolute Gasteiger partial charge is 0.336 e. The molecule has 0 radical (unpaired) electrons. The van der Waals surface area contributed by atoms with E-state index in [1.165, 1.54) is 21.8 Å². The number of hydrogen-bond acceptors (Lipinski definition) is 5. The predicted molar refractivity (Wildman–Crippen MR) is 104 cm³/mol. The highest BCUT2D eigenvalue weighted by Gasteiger charge is 2.21. The Morgan fingerprint density at radius 3 is 2.57 bits per heavy atom. The Labute approximate surface area is 162 Å². The zero-order valence-electron chi connectivity index (χ0n) is 16.2. The van der Waals surface area contributed by atoms with Gasteiger partial charge in [-0.05, 0) is 38.0 Å². The van der Waals surface area contributed by atoms with Gasteiger partial charge in [0.25, 0.3) is 11.6 Å². The molecule has 0 saturated carbocycles. The maximum atomic E-state index is 12.8. The van der Waals surface area contributed by atoms with Crippen LogP contribution in [0.1, 0.15) is 32.9 Å². The molecule has 3 aromatic rings. The number of nitrogens with zero attached hydrogens (tertiary/aromatic N) is 5. The first-order chi connectivity index (χ1) is 13.3. The van der Waals surface area contributed by atoms with E-state index in [1.807, 2.05) is 32.0 Å². The SMILES string of the molecule is Cc1ccc(-n2nc(C)c(C(=O)N(C)Cc3cccc([N+](=O)[O-])c3)n2)c(C)c1. The average molecular weight is 379 g/mol. The third-order valence-electron chi connectivity index (χ3n) is 4.44. The molecular weight excluding hydrogens is 358 g/mol. The second-order valence-electron chi connectivity index (χ2n) is 6.80. The van der Waals surface area contributed by atoms with Gasteiger partial charge in [-0.25, -0.2) is 0 Å².